The third kappa shape index (κ3) is 2.46. The Morgan fingerprint density at radius 1 is 1.55 bits per heavy atom. The SMILES string of the molecule is CCNC1CCN(C(C)C)C1. The molecule has 2 heteroatoms. The number of rotatable bonds is 3. The van der Waals surface area contributed by atoms with Gasteiger partial charge in [0, 0.05) is 18.6 Å². The van der Waals surface area contributed by atoms with E-state index in [9.17, 15) is 0 Å². The van der Waals surface area contributed by atoms with Gasteiger partial charge in [-0.15, -0.1) is 0 Å². The largest absolute Gasteiger partial charge is 0.313 e. The molecule has 11 heavy (non-hydrogen) atoms. The molecular weight excluding hydrogens is 136 g/mol. The highest BCUT2D eigenvalue weighted by Crippen LogP contribution is 2.11. The van der Waals surface area contributed by atoms with Crippen LogP contribution in [-0.2, 0) is 0 Å². The maximum absolute atomic E-state index is 3.49. The molecule has 1 aliphatic rings. The summed E-state index contributed by atoms with van der Waals surface area (Å²) in [5.74, 6) is 0. The summed E-state index contributed by atoms with van der Waals surface area (Å²) in [4.78, 5) is 2.54. The smallest absolute Gasteiger partial charge is 0.0207 e. The Morgan fingerprint density at radius 2 is 2.27 bits per heavy atom. The minimum atomic E-state index is 0.721. The summed E-state index contributed by atoms with van der Waals surface area (Å²) in [6.45, 7) is 10.3. The minimum absolute atomic E-state index is 0.721. The Morgan fingerprint density at radius 3 is 2.73 bits per heavy atom. The van der Waals surface area contributed by atoms with E-state index >= 15 is 0 Å². The fraction of sp³-hybridized carbons (Fsp3) is 1.00. The van der Waals surface area contributed by atoms with Gasteiger partial charge in [0.25, 0.3) is 0 Å². The van der Waals surface area contributed by atoms with Gasteiger partial charge in [-0.3, -0.25) is 4.90 Å². The number of nitrogens with zero attached hydrogens (tertiary/aromatic N) is 1. The van der Waals surface area contributed by atoms with Crippen LogP contribution in [0, 0.1) is 0 Å². The van der Waals surface area contributed by atoms with Gasteiger partial charge in [-0.25, -0.2) is 0 Å². The van der Waals surface area contributed by atoms with Crippen LogP contribution in [0.5, 0.6) is 0 Å². The predicted octanol–water partition coefficient (Wildman–Crippen LogP) is 1.08. The Labute approximate surface area is 70.0 Å². The topological polar surface area (TPSA) is 15.3 Å². The van der Waals surface area contributed by atoms with E-state index in [1.165, 1.54) is 19.5 Å². The van der Waals surface area contributed by atoms with Crippen LogP contribution < -0.4 is 5.32 Å². The van der Waals surface area contributed by atoms with E-state index in [2.05, 4.69) is 31.0 Å². The fourth-order valence-corrected chi connectivity index (χ4v) is 1.71. The van der Waals surface area contributed by atoms with Crippen LogP contribution >= 0.6 is 0 Å². The first-order valence-corrected chi connectivity index (χ1v) is 4.71. The fourth-order valence-electron chi connectivity index (χ4n) is 1.71. The summed E-state index contributed by atoms with van der Waals surface area (Å²) in [6.07, 6.45) is 1.33. The molecule has 0 saturated carbocycles. The second-order valence-corrected chi connectivity index (χ2v) is 3.63. The molecule has 1 unspecified atom stereocenters. The second kappa shape index (κ2) is 4.07. The monoisotopic (exact) mass is 156 g/mol. The molecule has 1 aliphatic heterocycles. The van der Waals surface area contributed by atoms with Gasteiger partial charge >= 0.3 is 0 Å². The average Bonchev–Trinajstić information content (AvgIpc) is 2.37. The van der Waals surface area contributed by atoms with Gasteiger partial charge in [0.15, 0.2) is 0 Å². The van der Waals surface area contributed by atoms with Crippen molar-refractivity contribution in [1.82, 2.24) is 10.2 Å². The lowest BCUT2D eigenvalue weighted by Gasteiger charge is -2.20. The zero-order valence-electron chi connectivity index (χ0n) is 7.93. The van der Waals surface area contributed by atoms with Crippen LogP contribution in [-0.4, -0.2) is 36.6 Å². The van der Waals surface area contributed by atoms with E-state index < -0.39 is 0 Å². The second-order valence-electron chi connectivity index (χ2n) is 3.63. The molecule has 0 radical (unpaired) electrons. The Hall–Kier alpha value is -0.0800. The Bertz CT molecular complexity index is 112. The molecule has 1 rings (SSSR count). The van der Waals surface area contributed by atoms with E-state index in [1.807, 2.05) is 0 Å². The first-order valence-electron chi connectivity index (χ1n) is 4.71. The van der Waals surface area contributed by atoms with Crippen LogP contribution in [0.2, 0.25) is 0 Å². The maximum atomic E-state index is 3.49. The van der Waals surface area contributed by atoms with Crippen molar-refractivity contribution < 1.29 is 0 Å². The summed E-state index contributed by atoms with van der Waals surface area (Å²) < 4.78 is 0. The van der Waals surface area contributed by atoms with Gasteiger partial charge in [0.1, 0.15) is 0 Å². The Balaban J connectivity index is 2.23. The van der Waals surface area contributed by atoms with Crippen molar-refractivity contribution in [1.29, 1.82) is 0 Å². The number of hydrogen-bond donors (Lipinski definition) is 1. The van der Waals surface area contributed by atoms with Crippen molar-refractivity contribution in [3.8, 4) is 0 Å². The standard InChI is InChI=1S/C9H20N2/c1-4-10-9-5-6-11(7-9)8(2)3/h8-10H,4-7H2,1-3H3. The number of likely N-dealkylation sites (N-methyl/N-ethyl adjacent to an activating group) is 1. The molecule has 0 aliphatic carbocycles. The minimum Gasteiger partial charge on any atom is -0.313 e. The summed E-state index contributed by atoms with van der Waals surface area (Å²) in [7, 11) is 0. The van der Waals surface area contributed by atoms with E-state index in [0.717, 1.165) is 18.6 Å². The number of nitrogens with one attached hydrogen (secondary N) is 1. The normalized spacial score (nSPS) is 26.7. The lowest BCUT2D eigenvalue weighted by Crippen LogP contribution is -2.34. The van der Waals surface area contributed by atoms with Gasteiger partial charge in [-0.05, 0) is 33.4 Å². The molecule has 0 aromatic heterocycles. The first kappa shape index (κ1) is 9.01. The zero-order chi connectivity index (χ0) is 8.27. The Kier molecular flexibility index (Phi) is 3.34. The molecule has 66 valence electrons. The van der Waals surface area contributed by atoms with E-state index in [1.54, 1.807) is 0 Å². The van der Waals surface area contributed by atoms with Crippen LogP contribution in [0.15, 0.2) is 0 Å². The summed E-state index contributed by atoms with van der Waals surface area (Å²) >= 11 is 0. The summed E-state index contributed by atoms with van der Waals surface area (Å²) in [5, 5.41) is 3.49. The first-order chi connectivity index (χ1) is 5.24. The van der Waals surface area contributed by atoms with Crippen LogP contribution in [0.3, 0.4) is 0 Å². The average molecular weight is 156 g/mol. The van der Waals surface area contributed by atoms with Gasteiger partial charge < -0.3 is 5.32 Å². The molecule has 0 spiro atoms. The molecule has 0 aromatic rings. The molecule has 1 N–H and O–H groups in total. The van der Waals surface area contributed by atoms with Gasteiger partial charge in [-0.2, -0.15) is 0 Å². The van der Waals surface area contributed by atoms with Crippen molar-refractivity contribution >= 4 is 0 Å². The molecule has 0 bridgehead atoms. The molecule has 1 heterocycles. The predicted molar refractivity (Wildman–Crippen MR) is 48.8 cm³/mol. The third-order valence-corrected chi connectivity index (χ3v) is 2.44. The molecule has 1 atom stereocenters. The van der Waals surface area contributed by atoms with Crippen molar-refractivity contribution in [3.63, 3.8) is 0 Å². The van der Waals surface area contributed by atoms with E-state index in [0.29, 0.717) is 0 Å². The highest BCUT2D eigenvalue weighted by Gasteiger charge is 2.22. The lowest BCUT2D eigenvalue weighted by molar-refractivity contribution is 0.268. The maximum Gasteiger partial charge on any atom is 0.0207 e. The molecule has 0 amide bonds. The van der Waals surface area contributed by atoms with Crippen LogP contribution in [0.1, 0.15) is 27.2 Å². The number of likely N-dealkylation sites (tertiary alicyclic amines) is 1. The molecular formula is C9H20N2. The van der Waals surface area contributed by atoms with Gasteiger partial charge in [0.2, 0.25) is 0 Å². The van der Waals surface area contributed by atoms with E-state index in [-0.39, 0.29) is 0 Å². The highest BCUT2D eigenvalue weighted by atomic mass is 15.2. The van der Waals surface area contributed by atoms with Crippen molar-refractivity contribution in [2.24, 2.45) is 0 Å². The van der Waals surface area contributed by atoms with Crippen LogP contribution in [0.4, 0.5) is 0 Å². The quantitative estimate of drug-likeness (QED) is 0.658. The third-order valence-electron chi connectivity index (χ3n) is 2.44. The number of hydrogen-bond acceptors (Lipinski definition) is 2. The molecule has 1 saturated heterocycles. The van der Waals surface area contributed by atoms with Crippen molar-refractivity contribution in [3.05, 3.63) is 0 Å². The van der Waals surface area contributed by atoms with Crippen molar-refractivity contribution in [2.45, 2.75) is 39.3 Å². The molecule has 2 nitrogen and oxygen atoms in total. The zero-order valence-corrected chi connectivity index (χ0v) is 7.93. The van der Waals surface area contributed by atoms with Gasteiger partial charge in [-0.1, -0.05) is 6.92 Å². The van der Waals surface area contributed by atoms with Crippen molar-refractivity contribution in [2.75, 3.05) is 19.6 Å². The van der Waals surface area contributed by atoms with Crippen LogP contribution in [0.25, 0.3) is 0 Å². The highest BCUT2D eigenvalue weighted by molar-refractivity contribution is 4.81. The summed E-state index contributed by atoms with van der Waals surface area (Å²) in [6, 6.07) is 1.47. The lowest BCUT2D eigenvalue weighted by atomic mass is 10.3. The summed E-state index contributed by atoms with van der Waals surface area (Å²) in [5.41, 5.74) is 0. The molecule has 0 aromatic carbocycles. The van der Waals surface area contributed by atoms with E-state index in [4.69, 9.17) is 0 Å². The molecule has 1 fully saturated rings. The van der Waals surface area contributed by atoms with Gasteiger partial charge in [0.05, 0.1) is 0 Å².